The van der Waals surface area contributed by atoms with Crippen molar-refractivity contribution in [3.63, 3.8) is 0 Å². The fraction of sp³-hybridized carbons (Fsp3) is 0.111. The van der Waals surface area contributed by atoms with Crippen molar-refractivity contribution in [1.82, 2.24) is 29.9 Å². The van der Waals surface area contributed by atoms with Crippen LogP contribution in [0.15, 0.2) is 105 Å². The second-order valence-electron chi connectivity index (χ2n) is 13.1. The number of aliphatic hydroxyl groups excluding tert-OH is 2. The van der Waals surface area contributed by atoms with E-state index in [1.807, 2.05) is 0 Å². The van der Waals surface area contributed by atoms with Crippen molar-refractivity contribution in [2.75, 3.05) is 58.2 Å². The molecule has 6 rings (SSSR count). The van der Waals surface area contributed by atoms with Gasteiger partial charge in [0.1, 0.15) is 40.5 Å². The van der Waals surface area contributed by atoms with Crippen LogP contribution in [0.25, 0.3) is 12.2 Å². The van der Waals surface area contributed by atoms with E-state index in [4.69, 9.17) is 0 Å². The number of nitrogens with zero attached hydrogens (tertiary/aromatic N) is 6. The number of benzene rings is 4. The van der Waals surface area contributed by atoms with Crippen LogP contribution >= 0.6 is 0 Å². The van der Waals surface area contributed by atoms with E-state index >= 15 is 0 Å². The maximum absolute atomic E-state index is 12.5. The van der Waals surface area contributed by atoms with E-state index < -0.39 is 60.1 Å². The van der Waals surface area contributed by atoms with Crippen molar-refractivity contribution in [2.24, 2.45) is 0 Å². The molecule has 348 valence electrons. The molecule has 2 aromatic heterocycles. The Morgan fingerprint density at radius 2 is 0.735 bits per heavy atom. The van der Waals surface area contributed by atoms with Gasteiger partial charge in [-0.3, -0.25) is 0 Å². The van der Waals surface area contributed by atoms with Crippen LogP contribution in [-0.4, -0.2) is 194 Å². The smallest absolute Gasteiger partial charge is 0.744 e. The maximum atomic E-state index is 12.5. The van der Waals surface area contributed by atoms with Gasteiger partial charge in [-0.05, 0) is 71.8 Å². The average Bonchev–Trinajstić information content (AvgIpc) is 3.23. The van der Waals surface area contributed by atoms with Gasteiger partial charge in [-0.25, -0.2) is 33.7 Å². The first kappa shape index (κ1) is 56.1. The summed E-state index contributed by atoms with van der Waals surface area (Å²) in [4.78, 5) is 22.2. The van der Waals surface area contributed by atoms with E-state index in [1.165, 1.54) is 48.5 Å². The number of aromatic nitrogens is 6. The minimum Gasteiger partial charge on any atom is -0.744 e. The molecule has 0 bridgehead atoms. The molecular weight excluding hydrogens is 1030 g/mol. The van der Waals surface area contributed by atoms with Gasteiger partial charge < -0.3 is 60.3 Å². The average molecular weight is 1070 g/mol. The number of aliphatic hydroxyl groups is 2. The minimum absolute atomic E-state index is 0. The topological polar surface area (TPSA) is 419 Å². The van der Waals surface area contributed by atoms with Gasteiger partial charge in [-0.1, -0.05) is 36.4 Å². The summed E-state index contributed by atoms with van der Waals surface area (Å²) in [5, 5.41) is 34.8. The van der Waals surface area contributed by atoms with Crippen LogP contribution in [0.1, 0.15) is 11.1 Å². The van der Waals surface area contributed by atoms with Gasteiger partial charge in [0, 0.05) is 35.8 Å². The maximum Gasteiger partial charge on any atom is 2.00 e. The van der Waals surface area contributed by atoms with Crippen molar-refractivity contribution >= 4 is 187 Å². The predicted octanol–water partition coefficient (Wildman–Crippen LogP) is 0.865. The Balaban J connectivity index is 0.00000504. The summed E-state index contributed by atoms with van der Waals surface area (Å²) in [7, 11) is -20.1. The first-order valence-corrected chi connectivity index (χ1v) is 24.0. The normalized spacial score (nSPS) is 11.8. The van der Waals surface area contributed by atoms with Crippen LogP contribution in [-0.2, 0) is 40.5 Å². The number of hydrogen-bond donors (Lipinski definition) is 8. The summed E-state index contributed by atoms with van der Waals surface area (Å²) in [5.74, 6) is -1.14. The molecule has 8 N–H and O–H groups in total. The molecule has 26 nitrogen and oxygen atoms in total. The van der Waals surface area contributed by atoms with Gasteiger partial charge in [0.15, 0.2) is 0 Å². The van der Waals surface area contributed by atoms with Crippen molar-refractivity contribution in [1.29, 1.82) is 0 Å². The van der Waals surface area contributed by atoms with Crippen molar-refractivity contribution in [3.8, 4) is 0 Å². The van der Waals surface area contributed by atoms with Crippen molar-refractivity contribution in [2.45, 2.75) is 19.6 Å². The van der Waals surface area contributed by atoms with Crippen LogP contribution < -0.4 is 31.9 Å². The standard InChI is InChI=1S/C36H36N12O14S4.2Ca/c49-15-13-37-31-43-33(39-23-3-1-5-27(17-23)63(51,52)53)47-35(45-31)41-25-11-9-21(29(19-25)65(57,58)59)7-8-22-10-12-26(20-30(22)66(60,61)62)42-36-46-32(38-14-16-50)44-34(48-36)40-24-4-2-6-28(18-24)64(54,55)56;;/h1-12,17-20,49-50H,13-16H2,(H,51,52,53)(H,54,55,56)(H,57,58,59)(H,60,61,62)(H3,37,39,41,43,45,47)(H3,38,40,42,44,46,48);;/q;2*+2/p-4/b8-7+;;. The molecule has 0 aliphatic rings. The van der Waals surface area contributed by atoms with Crippen LogP contribution in [0.2, 0.25) is 0 Å². The summed E-state index contributed by atoms with van der Waals surface area (Å²) >= 11 is 0. The van der Waals surface area contributed by atoms with Gasteiger partial charge in [0.05, 0.1) is 32.8 Å². The van der Waals surface area contributed by atoms with E-state index in [-0.39, 0.29) is 171 Å². The summed E-state index contributed by atoms with van der Waals surface area (Å²) in [6.45, 7) is -0.722. The zero-order valence-electron chi connectivity index (χ0n) is 34.6. The monoisotopic (exact) mass is 1060 g/mol. The molecule has 0 fully saturated rings. The quantitative estimate of drug-likeness (QED) is 0.0299. The number of anilines is 10. The molecular formula is C36H32Ca2N12O14S4. The van der Waals surface area contributed by atoms with Crippen LogP contribution in [0.5, 0.6) is 0 Å². The first-order valence-electron chi connectivity index (χ1n) is 18.4. The second kappa shape index (κ2) is 23.9. The molecule has 68 heavy (non-hydrogen) atoms. The Morgan fingerprint density at radius 1 is 0.426 bits per heavy atom. The van der Waals surface area contributed by atoms with Crippen molar-refractivity contribution in [3.05, 3.63) is 96.1 Å². The Bertz CT molecular complexity index is 3070. The second-order valence-corrected chi connectivity index (χ2v) is 18.6. The van der Waals surface area contributed by atoms with Gasteiger partial charge >= 0.3 is 75.5 Å². The third-order valence-electron chi connectivity index (χ3n) is 8.34. The molecule has 0 amide bonds. The molecule has 0 aliphatic heterocycles. The minimum atomic E-state index is -5.25. The number of hydrogen-bond acceptors (Lipinski definition) is 26. The zero-order valence-corrected chi connectivity index (χ0v) is 42.3. The Morgan fingerprint density at radius 3 is 1.03 bits per heavy atom. The number of nitrogens with one attached hydrogen (secondary N) is 6. The van der Waals surface area contributed by atoms with Gasteiger partial charge in [0.2, 0.25) is 35.7 Å². The molecule has 0 radical (unpaired) electrons. The summed E-state index contributed by atoms with van der Waals surface area (Å²) in [5.41, 5.74) is -0.420. The molecule has 6 aromatic rings. The van der Waals surface area contributed by atoms with Crippen LogP contribution in [0, 0.1) is 0 Å². The molecule has 32 heteroatoms. The molecule has 0 atom stereocenters. The fourth-order valence-corrected chi connectivity index (χ4v) is 7.98. The van der Waals surface area contributed by atoms with E-state index in [1.54, 1.807) is 0 Å². The first-order chi connectivity index (χ1) is 31.1. The van der Waals surface area contributed by atoms with E-state index in [0.717, 1.165) is 48.6 Å². The van der Waals surface area contributed by atoms with Gasteiger partial charge in [-0.2, -0.15) is 29.9 Å². The largest absolute Gasteiger partial charge is 2.00 e. The van der Waals surface area contributed by atoms with E-state index in [2.05, 4.69) is 61.8 Å². The molecule has 0 unspecified atom stereocenters. The molecule has 0 saturated heterocycles. The molecule has 4 aromatic carbocycles. The SMILES string of the molecule is O=S(=O)([O-])c1cccc(Nc2nc(NCCO)nc(Nc3ccc(/C=C/c4ccc(Nc5nc(NCCO)nc(Nc6cccc(S(=O)(=O)[O-])c6)n5)cc4S(=O)(=O)[O-])c(S(=O)(=O)[O-])c3)n2)c1.[Ca+2].[Ca+2]. The molecule has 2 heterocycles. The summed E-state index contributed by atoms with van der Waals surface area (Å²) < 4.78 is 144. The van der Waals surface area contributed by atoms with E-state index in [0.29, 0.717) is 0 Å². The van der Waals surface area contributed by atoms with Gasteiger partial charge in [0.25, 0.3) is 0 Å². The molecule has 0 spiro atoms. The number of rotatable bonds is 20. The Labute approximate surface area is 447 Å². The third kappa shape index (κ3) is 16.0. The molecule has 0 saturated carbocycles. The summed E-state index contributed by atoms with van der Waals surface area (Å²) in [6, 6.07) is 16.4. The summed E-state index contributed by atoms with van der Waals surface area (Å²) in [6.07, 6.45) is 2.14. The Kier molecular flexibility index (Phi) is 19.7. The zero-order chi connectivity index (χ0) is 47.9. The van der Waals surface area contributed by atoms with Crippen molar-refractivity contribution < 1.29 is 62.1 Å². The predicted molar refractivity (Wildman–Crippen MR) is 242 cm³/mol. The van der Waals surface area contributed by atoms with Crippen LogP contribution in [0.3, 0.4) is 0 Å². The van der Waals surface area contributed by atoms with Gasteiger partial charge in [-0.15, -0.1) is 0 Å². The Hall–Kier alpha value is -4.48. The fourth-order valence-electron chi connectivity index (χ4n) is 5.56. The molecule has 0 aliphatic carbocycles. The third-order valence-corrected chi connectivity index (χ3v) is 11.8. The van der Waals surface area contributed by atoms with Crippen LogP contribution in [0.4, 0.5) is 58.4 Å². The van der Waals surface area contributed by atoms with E-state index in [9.17, 15) is 62.1 Å².